The van der Waals surface area contributed by atoms with Crippen molar-refractivity contribution in [2.24, 2.45) is 0 Å². The molecule has 8 heteroatoms. The summed E-state index contributed by atoms with van der Waals surface area (Å²) in [5, 5.41) is 11.1. The standard InChI is InChI=1S/C20H26F3NO4/c1-18(2,3)28-17(25)24-14-8-9-15(24)12-19(26,11-14)10-13-6-4-5-7-16(13)27-20(21,22)23/h4-7,14-15,26H,8-12H2,1-3H3. The first-order valence-electron chi connectivity index (χ1n) is 9.43. The molecule has 2 bridgehead atoms. The van der Waals surface area contributed by atoms with Crippen molar-refractivity contribution in [2.75, 3.05) is 0 Å². The summed E-state index contributed by atoms with van der Waals surface area (Å²) in [5.41, 5.74) is -1.51. The van der Waals surface area contributed by atoms with Crippen LogP contribution in [0.4, 0.5) is 18.0 Å². The zero-order valence-electron chi connectivity index (χ0n) is 16.3. The predicted molar refractivity (Wildman–Crippen MR) is 95.9 cm³/mol. The lowest BCUT2D eigenvalue weighted by Gasteiger charge is -2.44. The van der Waals surface area contributed by atoms with Gasteiger partial charge in [-0.3, -0.25) is 0 Å². The summed E-state index contributed by atoms with van der Waals surface area (Å²) in [4.78, 5) is 14.2. The molecule has 0 spiro atoms. The smallest absolute Gasteiger partial charge is 0.444 e. The van der Waals surface area contributed by atoms with E-state index in [2.05, 4.69) is 4.74 Å². The second kappa shape index (κ2) is 7.13. The summed E-state index contributed by atoms with van der Waals surface area (Å²) in [6, 6.07) is 5.48. The molecular formula is C20H26F3NO4. The number of aliphatic hydroxyl groups is 1. The van der Waals surface area contributed by atoms with Crippen molar-refractivity contribution in [1.82, 2.24) is 4.90 Å². The van der Waals surface area contributed by atoms with E-state index in [0.29, 0.717) is 18.4 Å². The summed E-state index contributed by atoms with van der Waals surface area (Å²) in [6.07, 6.45) is -3.08. The Bertz CT molecular complexity index is 715. The highest BCUT2D eigenvalue weighted by Gasteiger charge is 2.50. The van der Waals surface area contributed by atoms with Gasteiger partial charge < -0.3 is 19.5 Å². The molecule has 1 aromatic rings. The largest absolute Gasteiger partial charge is 0.573 e. The van der Waals surface area contributed by atoms with Gasteiger partial charge in [0.25, 0.3) is 0 Å². The van der Waals surface area contributed by atoms with E-state index in [-0.39, 0.29) is 24.3 Å². The predicted octanol–water partition coefficient (Wildman–Crippen LogP) is 4.42. The summed E-state index contributed by atoms with van der Waals surface area (Å²) in [7, 11) is 0. The van der Waals surface area contributed by atoms with E-state index >= 15 is 0 Å². The lowest BCUT2D eigenvalue weighted by atomic mass is 9.81. The van der Waals surface area contributed by atoms with Gasteiger partial charge in [-0.25, -0.2) is 4.79 Å². The van der Waals surface area contributed by atoms with Gasteiger partial charge in [0.2, 0.25) is 0 Å². The molecule has 3 rings (SSSR count). The molecule has 1 aromatic carbocycles. The number of carbonyl (C=O) groups is 1. The third-order valence-corrected chi connectivity index (χ3v) is 5.17. The zero-order valence-corrected chi connectivity index (χ0v) is 16.3. The van der Waals surface area contributed by atoms with Gasteiger partial charge >= 0.3 is 12.5 Å². The van der Waals surface area contributed by atoms with Crippen LogP contribution >= 0.6 is 0 Å². The van der Waals surface area contributed by atoms with Gasteiger partial charge in [0.15, 0.2) is 0 Å². The highest BCUT2D eigenvalue weighted by Crippen LogP contribution is 2.44. The molecule has 28 heavy (non-hydrogen) atoms. The normalized spacial score (nSPS) is 27.6. The number of alkyl halides is 3. The number of halogens is 3. The quantitative estimate of drug-likeness (QED) is 0.815. The van der Waals surface area contributed by atoms with Gasteiger partial charge in [-0.1, -0.05) is 18.2 Å². The topological polar surface area (TPSA) is 59.0 Å². The number of nitrogens with zero attached hydrogens (tertiary/aromatic N) is 1. The molecule has 0 radical (unpaired) electrons. The number of hydrogen-bond donors (Lipinski definition) is 1. The van der Waals surface area contributed by atoms with Crippen LogP contribution in [-0.4, -0.2) is 45.7 Å². The summed E-state index contributed by atoms with van der Waals surface area (Å²) in [5.74, 6) is -0.301. The van der Waals surface area contributed by atoms with E-state index in [1.54, 1.807) is 31.7 Å². The summed E-state index contributed by atoms with van der Waals surface area (Å²) >= 11 is 0. The van der Waals surface area contributed by atoms with Crippen LogP contribution < -0.4 is 4.74 Å². The Balaban J connectivity index is 1.74. The number of para-hydroxylation sites is 1. The fourth-order valence-corrected chi connectivity index (χ4v) is 4.31. The lowest BCUT2D eigenvalue weighted by molar-refractivity contribution is -0.275. The number of fused-ring (bicyclic) bond motifs is 2. The number of carbonyl (C=O) groups excluding carboxylic acids is 1. The molecule has 2 atom stereocenters. The van der Waals surface area contributed by atoms with E-state index in [1.807, 2.05) is 0 Å². The van der Waals surface area contributed by atoms with Crippen LogP contribution in [0, 0.1) is 0 Å². The molecule has 1 N–H and O–H groups in total. The maximum Gasteiger partial charge on any atom is 0.573 e. The molecule has 5 nitrogen and oxygen atoms in total. The number of amides is 1. The lowest BCUT2D eigenvalue weighted by Crippen LogP contribution is -2.55. The molecular weight excluding hydrogens is 375 g/mol. The van der Waals surface area contributed by atoms with Gasteiger partial charge in [-0.05, 0) is 58.1 Å². The first-order valence-corrected chi connectivity index (χ1v) is 9.43. The molecule has 0 saturated carbocycles. The molecule has 0 aromatic heterocycles. The average Bonchev–Trinajstić information content (AvgIpc) is 2.79. The average molecular weight is 401 g/mol. The van der Waals surface area contributed by atoms with E-state index in [9.17, 15) is 23.1 Å². The zero-order chi connectivity index (χ0) is 20.7. The second-order valence-electron chi connectivity index (χ2n) is 8.74. The van der Waals surface area contributed by atoms with Crippen molar-refractivity contribution >= 4 is 6.09 Å². The Labute approximate surface area is 162 Å². The Morgan fingerprint density at radius 3 is 2.29 bits per heavy atom. The summed E-state index contributed by atoms with van der Waals surface area (Å²) in [6.45, 7) is 5.39. The molecule has 1 amide bonds. The third kappa shape index (κ3) is 4.90. The Morgan fingerprint density at radius 2 is 1.75 bits per heavy atom. The van der Waals surface area contributed by atoms with Crippen LogP contribution in [0.15, 0.2) is 24.3 Å². The monoisotopic (exact) mass is 401 g/mol. The van der Waals surface area contributed by atoms with Crippen molar-refractivity contribution in [3.63, 3.8) is 0 Å². The van der Waals surface area contributed by atoms with Crippen LogP contribution in [0.3, 0.4) is 0 Å². The molecule has 0 aliphatic carbocycles. The van der Waals surface area contributed by atoms with Crippen LogP contribution in [0.1, 0.15) is 52.0 Å². The van der Waals surface area contributed by atoms with Gasteiger partial charge in [0.1, 0.15) is 11.4 Å². The van der Waals surface area contributed by atoms with E-state index < -0.39 is 23.7 Å². The van der Waals surface area contributed by atoms with Crippen molar-refractivity contribution in [3.8, 4) is 5.75 Å². The van der Waals surface area contributed by atoms with Crippen molar-refractivity contribution in [2.45, 2.75) is 82.5 Å². The molecule has 2 aliphatic heterocycles. The molecule has 2 fully saturated rings. The first-order chi connectivity index (χ1) is 12.9. The van der Waals surface area contributed by atoms with E-state index in [0.717, 1.165) is 12.8 Å². The van der Waals surface area contributed by atoms with Gasteiger partial charge in [0.05, 0.1) is 5.60 Å². The molecule has 2 aliphatic rings. The van der Waals surface area contributed by atoms with Crippen LogP contribution in [-0.2, 0) is 11.2 Å². The maximum absolute atomic E-state index is 12.7. The molecule has 2 heterocycles. The minimum Gasteiger partial charge on any atom is -0.444 e. The highest BCUT2D eigenvalue weighted by atomic mass is 19.4. The van der Waals surface area contributed by atoms with Gasteiger partial charge in [0, 0.05) is 18.5 Å². The third-order valence-electron chi connectivity index (χ3n) is 5.17. The molecule has 156 valence electrons. The maximum atomic E-state index is 12.7. The molecule has 2 unspecified atom stereocenters. The highest BCUT2D eigenvalue weighted by molar-refractivity contribution is 5.69. The first kappa shape index (κ1) is 20.8. The fourth-order valence-electron chi connectivity index (χ4n) is 4.31. The van der Waals surface area contributed by atoms with Crippen molar-refractivity contribution in [1.29, 1.82) is 0 Å². The Hall–Kier alpha value is -1.96. The van der Waals surface area contributed by atoms with Gasteiger partial charge in [-0.15, -0.1) is 13.2 Å². The Morgan fingerprint density at radius 1 is 1.18 bits per heavy atom. The van der Waals surface area contributed by atoms with Crippen LogP contribution in [0.5, 0.6) is 5.75 Å². The second-order valence-corrected chi connectivity index (χ2v) is 8.74. The van der Waals surface area contributed by atoms with Crippen LogP contribution in [0.2, 0.25) is 0 Å². The number of ether oxygens (including phenoxy) is 2. The Kier molecular flexibility index (Phi) is 5.29. The number of rotatable bonds is 3. The van der Waals surface area contributed by atoms with Crippen molar-refractivity contribution in [3.05, 3.63) is 29.8 Å². The number of piperidine rings is 1. The van der Waals surface area contributed by atoms with Crippen molar-refractivity contribution < 1.29 is 32.5 Å². The minimum atomic E-state index is -4.79. The van der Waals surface area contributed by atoms with E-state index in [4.69, 9.17) is 4.74 Å². The van der Waals surface area contributed by atoms with Crippen LogP contribution in [0.25, 0.3) is 0 Å². The number of benzene rings is 1. The summed E-state index contributed by atoms with van der Waals surface area (Å²) < 4.78 is 47.6. The van der Waals surface area contributed by atoms with E-state index in [1.165, 1.54) is 18.2 Å². The van der Waals surface area contributed by atoms with Gasteiger partial charge in [-0.2, -0.15) is 0 Å². The minimum absolute atomic E-state index is 0.0361. The SMILES string of the molecule is CC(C)(C)OC(=O)N1C2CCC1CC(O)(Cc1ccccc1OC(F)(F)F)C2. The number of hydrogen-bond acceptors (Lipinski definition) is 4. The fraction of sp³-hybridized carbons (Fsp3) is 0.650. The molecule has 2 saturated heterocycles.